The Bertz CT molecular complexity index is 1170. The molecule has 1 aromatic carbocycles. The highest BCUT2D eigenvalue weighted by Crippen LogP contribution is 2.27. The summed E-state index contributed by atoms with van der Waals surface area (Å²) in [5.74, 6) is -1.01. The Kier molecular flexibility index (Phi) is 4.16. The van der Waals surface area contributed by atoms with E-state index in [4.69, 9.17) is 16.0 Å². The minimum absolute atomic E-state index is 0.0321. The summed E-state index contributed by atoms with van der Waals surface area (Å²) in [4.78, 5) is 20.4. The molecule has 0 aliphatic rings. The summed E-state index contributed by atoms with van der Waals surface area (Å²) in [7, 11) is 0. The molecule has 0 atom stereocenters. The second kappa shape index (κ2) is 6.51. The van der Waals surface area contributed by atoms with Crippen molar-refractivity contribution in [3.8, 4) is 11.4 Å². The number of halogens is 2. The lowest BCUT2D eigenvalue weighted by Crippen LogP contribution is -2.07. The van der Waals surface area contributed by atoms with Crippen LogP contribution in [0.1, 0.15) is 21.9 Å². The first-order chi connectivity index (χ1) is 12.9. The van der Waals surface area contributed by atoms with Crippen LogP contribution in [0.2, 0.25) is 5.02 Å². The molecule has 0 radical (unpaired) electrons. The lowest BCUT2D eigenvalue weighted by molar-refractivity contribution is 0.0693. The van der Waals surface area contributed by atoms with Gasteiger partial charge in [-0.3, -0.25) is 0 Å². The van der Waals surface area contributed by atoms with Gasteiger partial charge in [-0.25, -0.2) is 19.2 Å². The van der Waals surface area contributed by atoms with Gasteiger partial charge in [-0.1, -0.05) is 11.6 Å². The van der Waals surface area contributed by atoms with Gasteiger partial charge in [0.2, 0.25) is 0 Å². The quantitative estimate of drug-likeness (QED) is 0.557. The van der Waals surface area contributed by atoms with Crippen LogP contribution < -0.4 is 0 Å². The molecule has 0 amide bonds. The SMILES string of the molecule is Cc1cc2c(C(=O)O)nc(-c3ccc(Cl)c(F)c3)nc2n1Cc1ccco1. The van der Waals surface area contributed by atoms with E-state index in [-0.39, 0.29) is 16.5 Å². The predicted octanol–water partition coefficient (Wildman–Crippen LogP) is 4.54. The fourth-order valence-electron chi connectivity index (χ4n) is 2.94. The van der Waals surface area contributed by atoms with Crippen molar-refractivity contribution in [2.45, 2.75) is 13.5 Å². The average Bonchev–Trinajstić information content (AvgIpc) is 3.25. The number of fused-ring (bicyclic) bond motifs is 1. The third-order valence-corrected chi connectivity index (χ3v) is 4.54. The summed E-state index contributed by atoms with van der Waals surface area (Å²) in [6.07, 6.45) is 1.57. The molecule has 0 aliphatic carbocycles. The topological polar surface area (TPSA) is 81.1 Å². The number of carboxylic acids is 1. The molecule has 3 heterocycles. The number of rotatable bonds is 4. The van der Waals surface area contributed by atoms with Gasteiger partial charge in [0.25, 0.3) is 0 Å². The van der Waals surface area contributed by atoms with Gasteiger partial charge in [0, 0.05) is 11.3 Å². The van der Waals surface area contributed by atoms with Crippen LogP contribution in [0, 0.1) is 12.7 Å². The van der Waals surface area contributed by atoms with Crippen LogP contribution in [-0.2, 0) is 6.54 Å². The van der Waals surface area contributed by atoms with Crippen LogP contribution in [0.5, 0.6) is 0 Å². The van der Waals surface area contributed by atoms with Gasteiger partial charge < -0.3 is 14.1 Å². The van der Waals surface area contributed by atoms with Crippen LogP contribution in [0.4, 0.5) is 4.39 Å². The van der Waals surface area contributed by atoms with Crippen LogP contribution in [0.3, 0.4) is 0 Å². The van der Waals surface area contributed by atoms with Gasteiger partial charge in [-0.2, -0.15) is 0 Å². The Morgan fingerprint density at radius 1 is 1.30 bits per heavy atom. The molecular weight excluding hydrogens is 373 g/mol. The summed E-state index contributed by atoms with van der Waals surface area (Å²) in [5, 5.41) is 9.97. The number of aromatic nitrogens is 3. The van der Waals surface area contributed by atoms with Gasteiger partial charge in [0.1, 0.15) is 17.2 Å². The number of hydrogen-bond acceptors (Lipinski definition) is 4. The fraction of sp³-hybridized carbons (Fsp3) is 0.105. The molecule has 136 valence electrons. The van der Waals surface area contributed by atoms with Crippen LogP contribution >= 0.6 is 11.6 Å². The monoisotopic (exact) mass is 385 g/mol. The van der Waals surface area contributed by atoms with Crippen molar-refractivity contribution >= 4 is 28.6 Å². The van der Waals surface area contributed by atoms with Crippen molar-refractivity contribution in [1.82, 2.24) is 14.5 Å². The normalized spacial score (nSPS) is 11.2. The molecule has 0 aliphatic heterocycles. The molecule has 0 fully saturated rings. The Morgan fingerprint density at radius 3 is 2.78 bits per heavy atom. The lowest BCUT2D eigenvalue weighted by Gasteiger charge is -2.08. The Labute approximate surface area is 157 Å². The Morgan fingerprint density at radius 2 is 2.11 bits per heavy atom. The first-order valence-electron chi connectivity index (χ1n) is 8.03. The molecule has 27 heavy (non-hydrogen) atoms. The molecule has 1 N–H and O–H groups in total. The summed E-state index contributed by atoms with van der Waals surface area (Å²) >= 11 is 5.73. The maximum Gasteiger partial charge on any atom is 0.355 e. The smallest absolute Gasteiger partial charge is 0.355 e. The molecule has 4 aromatic rings. The van der Waals surface area contributed by atoms with Crippen molar-refractivity contribution < 1.29 is 18.7 Å². The minimum atomic E-state index is -1.19. The first kappa shape index (κ1) is 17.2. The van der Waals surface area contributed by atoms with E-state index in [9.17, 15) is 14.3 Å². The minimum Gasteiger partial charge on any atom is -0.476 e. The van der Waals surface area contributed by atoms with Gasteiger partial charge in [0.15, 0.2) is 11.5 Å². The molecule has 6 nitrogen and oxygen atoms in total. The van der Waals surface area contributed by atoms with E-state index in [0.717, 1.165) is 5.69 Å². The highest BCUT2D eigenvalue weighted by atomic mass is 35.5. The number of hydrogen-bond donors (Lipinski definition) is 1. The van der Waals surface area contributed by atoms with E-state index in [2.05, 4.69) is 9.97 Å². The number of nitrogens with zero attached hydrogens (tertiary/aromatic N) is 3. The third kappa shape index (κ3) is 3.06. The molecule has 0 spiro atoms. The van der Waals surface area contributed by atoms with E-state index >= 15 is 0 Å². The zero-order valence-corrected chi connectivity index (χ0v) is 14.9. The summed E-state index contributed by atoms with van der Waals surface area (Å²) in [6.45, 7) is 2.23. The second-order valence-corrected chi connectivity index (χ2v) is 6.43. The molecule has 0 saturated carbocycles. The highest BCUT2D eigenvalue weighted by Gasteiger charge is 2.20. The van der Waals surface area contributed by atoms with Crippen molar-refractivity contribution in [1.29, 1.82) is 0 Å². The Balaban J connectivity index is 1.95. The molecule has 0 saturated heterocycles. The summed E-state index contributed by atoms with van der Waals surface area (Å²) in [6, 6.07) is 9.42. The van der Waals surface area contributed by atoms with Crippen molar-refractivity contribution in [2.75, 3.05) is 0 Å². The number of aryl methyl sites for hydroxylation is 1. The van der Waals surface area contributed by atoms with Crippen molar-refractivity contribution in [3.63, 3.8) is 0 Å². The second-order valence-electron chi connectivity index (χ2n) is 6.02. The van der Waals surface area contributed by atoms with Crippen molar-refractivity contribution in [2.24, 2.45) is 0 Å². The molecule has 0 bridgehead atoms. The Hall–Kier alpha value is -3.19. The number of aromatic carboxylic acids is 1. The van der Waals surface area contributed by atoms with Gasteiger partial charge >= 0.3 is 5.97 Å². The van der Waals surface area contributed by atoms with E-state index in [0.29, 0.717) is 28.9 Å². The molecule has 8 heteroatoms. The lowest BCUT2D eigenvalue weighted by atomic mass is 10.2. The van der Waals surface area contributed by atoms with Gasteiger partial charge in [-0.15, -0.1) is 0 Å². The van der Waals surface area contributed by atoms with Crippen LogP contribution in [-0.4, -0.2) is 25.6 Å². The molecular formula is C19H13ClFN3O3. The largest absolute Gasteiger partial charge is 0.476 e. The average molecular weight is 386 g/mol. The number of carboxylic acid groups (broad SMARTS) is 1. The van der Waals surface area contributed by atoms with E-state index in [1.54, 1.807) is 24.5 Å². The number of benzene rings is 1. The van der Waals surface area contributed by atoms with E-state index in [1.165, 1.54) is 12.1 Å². The molecule has 3 aromatic heterocycles. The maximum atomic E-state index is 13.9. The molecule has 0 unspecified atom stereocenters. The summed E-state index contributed by atoms with van der Waals surface area (Å²) < 4.78 is 21.1. The van der Waals surface area contributed by atoms with E-state index in [1.807, 2.05) is 17.6 Å². The van der Waals surface area contributed by atoms with E-state index < -0.39 is 11.8 Å². The van der Waals surface area contributed by atoms with Crippen molar-refractivity contribution in [3.05, 3.63) is 70.6 Å². The summed E-state index contributed by atoms with van der Waals surface area (Å²) in [5.41, 5.74) is 1.43. The number of carbonyl (C=O) groups is 1. The fourth-order valence-corrected chi connectivity index (χ4v) is 3.05. The highest BCUT2D eigenvalue weighted by molar-refractivity contribution is 6.30. The van der Waals surface area contributed by atoms with Gasteiger partial charge in [0.05, 0.1) is 23.2 Å². The predicted molar refractivity (Wildman–Crippen MR) is 97.4 cm³/mol. The molecule has 4 rings (SSSR count). The van der Waals surface area contributed by atoms with Crippen LogP contribution in [0.15, 0.2) is 47.1 Å². The zero-order valence-electron chi connectivity index (χ0n) is 14.1. The standard InChI is InChI=1S/C19H13ClFN3O3/c1-10-7-13-16(19(25)26)22-17(11-4-5-14(20)15(21)8-11)23-18(13)24(10)9-12-3-2-6-27-12/h2-8H,9H2,1H3,(H,25,26). The maximum absolute atomic E-state index is 13.9. The zero-order chi connectivity index (χ0) is 19.1. The van der Waals surface area contributed by atoms with Gasteiger partial charge in [-0.05, 0) is 43.3 Å². The third-order valence-electron chi connectivity index (χ3n) is 4.23. The first-order valence-corrected chi connectivity index (χ1v) is 8.41. The number of furan rings is 1. The van der Waals surface area contributed by atoms with Crippen LogP contribution in [0.25, 0.3) is 22.4 Å².